The van der Waals surface area contributed by atoms with Crippen LogP contribution in [0.2, 0.25) is 0 Å². The zero-order valence-corrected chi connectivity index (χ0v) is 29.3. The fraction of sp³-hybridized carbons (Fsp3) is 0.0952. The number of hydrogen-bond acceptors (Lipinski definition) is 2. The van der Waals surface area contributed by atoms with Crippen LogP contribution < -0.4 is 4.98 Å². The summed E-state index contributed by atoms with van der Waals surface area (Å²) in [7, 11) is 0. The Hall–Kier alpha value is -5.19. The molecule has 0 saturated heterocycles. The number of rotatable bonds is 5. The molecule has 0 atom stereocenters. The van der Waals surface area contributed by atoms with E-state index in [0.717, 1.165) is 45.1 Å². The van der Waals surface area contributed by atoms with E-state index in [-0.39, 0.29) is 32.0 Å². The van der Waals surface area contributed by atoms with E-state index in [9.17, 15) is 4.39 Å². The number of nitrogens with zero attached hydrogens (tertiary/aromatic N) is 4. The zero-order chi connectivity index (χ0) is 33.0. The zero-order valence-electron chi connectivity index (χ0n) is 27.0. The fourth-order valence-electron chi connectivity index (χ4n) is 6.23. The van der Waals surface area contributed by atoms with Crippen LogP contribution in [0.3, 0.4) is 0 Å². The summed E-state index contributed by atoms with van der Waals surface area (Å²) in [5, 5.41) is 2.08. The van der Waals surface area contributed by atoms with E-state index in [1.165, 1.54) is 17.7 Å². The topological polar surface area (TPSA) is 44.8 Å². The molecular weight excluding hydrogens is 794 g/mol. The average molecular weight is 824 g/mol. The molecular formula is C42H30F2N4Pt. The molecule has 4 aromatic carbocycles. The molecule has 49 heavy (non-hydrogen) atoms. The van der Waals surface area contributed by atoms with Gasteiger partial charge >= 0.3 is 21.1 Å². The molecule has 8 aromatic rings. The Kier molecular flexibility index (Phi) is 8.38. The van der Waals surface area contributed by atoms with Crippen molar-refractivity contribution in [3.05, 3.63) is 151 Å². The van der Waals surface area contributed by atoms with Gasteiger partial charge in [0, 0.05) is 34.6 Å². The standard InChI is InChI=1S/C42H30F2N4.Pt/c1-42(2,3)30-12-18-39-34(24-30)33-15-16-38(47-41(33)48(39)40-19-17-37(46-40)26-9-5-4-6-10-26)29-22-27(32-14-13-31(43)25-35(32)44)21-28(23-29)36-11-7-8-20-45-36;/h4-22,24-25H,1-3H3;/q-2;+2. The number of fused-ring (bicyclic) bond motifs is 3. The quantitative estimate of drug-likeness (QED) is 0.162. The van der Waals surface area contributed by atoms with Crippen molar-refractivity contribution in [3.63, 3.8) is 0 Å². The molecule has 242 valence electrons. The number of benzene rings is 4. The van der Waals surface area contributed by atoms with Crippen LogP contribution >= 0.6 is 0 Å². The minimum absolute atomic E-state index is 0. The molecule has 8 rings (SSSR count). The van der Waals surface area contributed by atoms with E-state index in [1.54, 1.807) is 6.20 Å². The molecule has 7 heteroatoms. The van der Waals surface area contributed by atoms with Gasteiger partial charge in [0.25, 0.3) is 0 Å². The molecule has 0 fully saturated rings. The Morgan fingerprint density at radius 1 is 0.694 bits per heavy atom. The maximum atomic E-state index is 15.1. The Morgan fingerprint density at radius 3 is 2.20 bits per heavy atom. The molecule has 0 spiro atoms. The second-order valence-electron chi connectivity index (χ2n) is 13.0. The van der Waals surface area contributed by atoms with Crippen LogP contribution in [0, 0.1) is 17.7 Å². The van der Waals surface area contributed by atoms with Crippen molar-refractivity contribution in [2.75, 3.05) is 0 Å². The monoisotopic (exact) mass is 823 g/mol. The van der Waals surface area contributed by atoms with Gasteiger partial charge in [0.15, 0.2) is 0 Å². The van der Waals surface area contributed by atoms with E-state index >= 15 is 4.39 Å². The van der Waals surface area contributed by atoms with E-state index in [1.807, 2.05) is 66.7 Å². The summed E-state index contributed by atoms with van der Waals surface area (Å²) in [6.07, 6.45) is 1.71. The Bertz CT molecular complexity index is 2460. The SMILES string of the molecule is CC(C)(C)c1ccc2c(c1)c1ccc(-c3[c-]c(-c4ccccn4)cc(-c4ccc(F)cc4F)c3)nc1n2-c1ccc(-c2ccccc2)[n-]1.[Pt+2]. The number of halogens is 2. The molecule has 0 N–H and O–H groups in total. The molecule has 0 radical (unpaired) electrons. The minimum atomic E-state index is -0.645. The number of aromatic nitrogens is 4. The van der Waals surface area contributed by atoms with Gasteiger partial charge in [-0.2, -0.15) is 0 Å². The van der Waals surface area contributed by atoms with Gasteiger partial charge in [0.2, 0.25) is 0 Å². The van der Waals surface area contributed by atoms with E-state index in [2.05, 4.69) is 72.8 Å². The first-order valence-corrected chi connectivity index (χ1v) is 15.8. The third-order valence-electron chi connectivity index (χ3n) is 8.73. The Morgan fingerprint density at radius 2 is 1.47 bits per heavy atom. The molecule has 0 bridgehead atoms. The van der Waals surface area contributed by atoms with Crippen molar-refractivity contribution in [3.8, 4) is 50.7 Å². The van der Waals surface area contributed by atoms with Gasteiger partial charge in [-0.1, -0.05) is 128 Å². The van der Waals surface area contributed by atoms with Gasteiger partial charge in [0.1, 0.15) is 11.6 Å². The van der Waals surface area contributed by atoms with Crippen LogP contribution in [0.15, 0.2) is 128 Å². The summed E-state index contributed by atoms with van der Waals surface area (Å²) in [6.45, 7) is 6.63. The first kappa shape index (κ1) is 32.4. The van der Waals surface area contributed by atoms with Gasteiger partial charge in [-0.05, 0) is 51.3 Å². The summed E-state index contributed by atoms with van der Waals surface area (Å²) in [6, 6.07) is 41.2. The van der Waals surface area contributed by atoms with E-state index in [0.29, 0.717) is 28.1 Å². The third kappa shape index (κ3) is 6.02. The maximum absolute atomic E-state index is 15.1. The largest absolute Gasteiger partial charge is 2.00 e. The maximum Gasteiger partial charge on any atom is 2.00 e. The molecule has 4 aromatic heterocycles. The van der Waals surface area contributed by atoms with Gasteiger partial charge < -0.3 is 9.55 Å². The summed E-state index contributed by atoms with van der Waals surface area (Å²) >= 11 is 0. The van der Waals surface area contributed by atoms with Crippen LogP contribution in [-0.4, -0.2) is 14.5 Å². The average Bonchev–Trinajstić information content (AvgIpc) is 3.71. The van der Waals surface area contributed by atoms with Gasteiger partial charge in [-0.15, -0.1) is 18.2 Å². The predicted molar refractivity (Wildman–Crippen MR) is 189 cm³/mol. The third-order valence-corrected chi connectivity index (χ3v) is 8.73. The smallest absolute Gasteiger partial charge is 0.435 e. The van der Waals surface area contributed by atoms with Crippen molar-refractivity contribution >= 4 is 21.9 Å². The van der Waals surface area contributed by atoms with E-state index in [4.69, 9.17) is 9.97 Å². The summed E-state index contributed by atoms with van der Waals surface area (Å²) < 4.78 is 31.1. The van der Waals surface area contributed by atoms with Crippen molar-refractivity contribution < 1.29 is 29.8 Å². The van der Waals surface area contributed by atoms with Crippen molar-refractivity contribution in [2.24, 2.45) is 0 Å². The van der Waals surface area contributed by atoms with Crippen LogP contribution in [0.4, 0.5) is 8.78 Å². The molecule has 0 aliphatic heterocycles. The normalized spacial score (nSPS) is 11.6. The summed E-state index contributed by atoms with van der Waals surface area (Å²) in [5.74, 6) is -0.508. The Labute approximate surface area is 297 Å². The molecule has 0 unspecified atom stereocenters. The molecule has 0 amide bonds. The number of pyridine rings is 2. The van der Waals surface area contributed by atoms with Crippen molar-refractivity contribution in [1.82, 2.24) is 19.5 Å². The molecule has 0 aliphatic rings. The predicted octanol–water partition coefficient (Wildman–Crippen LogP) is 10.6. The number of hydrogen-bond donors (Lipinski definition) is 0. The van der Waals surface area contributed by atoms with Crippen molar-refractivity contribution in [1.29, 1.82) is 0 Å². The van der Waals surface area contributed by atoms with Gasteiger partial charge in [-0.25, -0.2) is 8.78 Å². The second kappa shape index (κ2) is 12.7. The van der Waals surface area contributed by atoms with Crippen LogP contribution in [0.5, 0.6) is 0 Å². The first-order valence-electron chi connectivity index (χ1n) is 15.8. The molecule has 0 aliphatic carbocycles. The Balaban J connectivity index is 0.00000378. The van der Waals surface area contributed by atoms with E-state index < -0.39 is 11.6 Å². The van der Waals surface area contributed by atoms with Gasteiger partial charge in [-0.3, -0.25) is 9.97 Å². The minimum Gasteiger partial charge on any atom is -0.435 e. The summed E-state index contributed by atoms with van der Waals surface area (Å²) in [4.78, 5) is 14.8. The van der Waals surface area contributed by atoms with Gasteiger partial charge in [0.05, 0.1) is 5.65 Å². The van der Waals surface area contributed by atoms with Crippen molar-refractivity contribution in [2.45, 2.75) is 26.2 Å². The van der Waals surface area contributed by atoms with Crippen LogP contribution in [0.1, 0.15) is 26.3 Å². The molecule has 0 saturated carbocycles. The van der Waals surface area contributed by atoms with Crippen LogP contribution in [-0.2, 0) is 26.5 Å². The molecule has 4 heterocycles. The molecule has 4 nitrogen and oxygen atoms in total. The van der Waals surface area contributed by atoms with Crippen LogP contribution in [0.25, 0.3) is 72.7 Å². The summed E-state index contributed by atoms with van der Waals surface area (Å²) in [5.41, 5.74) is 8.37. The first-order chi connectivity index (χ1) is 23.2. The second-order valence-corrected chi connectivity index (χ2v) is 13.0. The fourth-order valence-corrected chi connectivity index (χ4v) is 6.23.